The van der Waals surface area contributed by atoms with Gasteiger partial charge in [-0.25, -0.2) is 4.79 Å². The minimum atomic E-state index is -0.887. The number of nitrogens with one attached hydrogen (secondary N) is 1. The number of hydrogen-bond donors (Lipinski definition) is 1. The average Bonchev–Trinajstić information content (AvgIpc) is 2.84. The minimum Gasteiger partial charge on any atom is -0.482 e. The van der Waals surface area contributed by atoms with E-state index >= 15 is 0 Å². The normalized spacial score (nSPS) is 19.2. The second-order valence-corrected chi connectivity index (χ2v) is 7.29. The maximum absolute atomic E-state index is 12.7. The van der Waals surface area contributed by atoms with Crippen LogP contribution in [0.1, 0.15) is 26.7 Å². The Bertz CT molecular complexity index is 729. The first-order valence-corrected chi connectivity index (χ1v) is 9.03. The number of urea groups is 1. The van der Waals surface area contributed by atoms with Crippen LogP contribution in [0.5, 0.6) is 5.75 Å². The highest BCUT2D eigenvalue weighted by molar-refractivity contribution is 6.32. The molecule has 0 bridgehead atoms. The highest BCUT2D eigenvalue weighted by Gasteiger charge is 2.53. The zero-order chi connectivity index (χ0) is 18.9. The van der Waals surface area contributed by atoms with Crippen molar-refractivity contribution in [1.82, 2.24) is 15.1 Å². The number of rotatable bonds is 4. The van der Waals surface area contributed by atoms with Gasteiger partial charge in [0.05, 0.1) is 5.02 Å². The third-order valence-corrected chi connectivity index (χ3v) is 5.18. The Balaban J connectivity index is 1.57. The molecule has 2 saturated heterocycles. The molecule has 26 heavy (non-hydrogen) atoms. The van der Waals surface area contributed by atoms with E-state index in [9.17, 15) is 14.4 Å². The summed E-state index contributed by atoms with van der Waals surface area (Å²) in [6.45, 7) is 4.28. The fourth-order valence-corrected chi connectivity index (χ4v) is 3.57. The van der Waals surface area contributed by atoms with Crippen LogP contribution in [0.25, 0.3) is 0 Å². The average molecular weight is 380 g/mol. The fraction of sp³-hybridized carbons (Fsp3) is 0.500. The Morgan fingerprint density at radius 2 is 1.92 bits per heavy atom. The van der Waals surface area contributed by atoms with E-state index < -0.39 is 5.54 Å². The molecule has 7 nitrogen and oxygen atoms in total. The quantitative estimate of drug-likeness (QED) is 0.812. The second kappa shape index (κ2) is 7.15. The van der Waals surface area contributed by atoms with Crippen LogP contribution in [0.15, 0.2) is 24.3 Å². The summed E-state index contributed by atoms with van der Waals surface area (Å²) in [6, 6.07) is 6.42. The summed E-state index contributed by atoms with van der Waals surface area (Å²) in [4.78, 5) is 40.0. The van der Waals surface area contributed by atoms with Gasteiger partial charge in [-0.15, -0.1) is 0 Å². The number of amides is 4. The van der Waals surface area contributed by atoms with Gasteiger partial charge in [0.25, 0.3) is 11.8 Å². The molecule has 2 heterocycles. The SMILES string of the molecule is CC(C)N1C(=O)NC2(CCN(C(=O)COc3ccccc3Cl)CC2)C1=O. The lowest BCUT2D eigenvalue weighted by atomic mass is 9.87. The topological polar surface area (TPSA) is 79.0 Å². The van der Waals surface area contributed by atoms with Gasteiger partial charge in [-0.1, -0.05) is 23.7 Å². The molecule has 1 N–H and O–H groups in total. The number of ether oxygens (including phenoxy) is 1. The van der Waals surface area contributed by atoms with Crippen LogP contribution < -0.4 is 10.1 Å². The number of carbonyl (C=O) groups is 3. The molecule has 0 atom stereocenters. The third kappa shape index (κ3) is 3.35. The first kappa shape index (κ1) is 18.5. The molecule has 2 fully saturated rings. The van der Waals surface area contributed by atoms with Crippen molar-refractivity contribution < 1.29 is 19.1 Å². The lowest BCUT2D eigenvalue weighted by molar-refractivity contribution is -0.140. The van der Waals surface area contributed by atoms with Gasteiger partial charge in [0.1, 0.15) is 11.3 Å². The van der Waals surface area contributed by atoms with Gasteiger partial charge in [0.15, 0.2) is 6.61 Å². The van der Waals surface area contributed by atoms with Crippen molar-refractivity contribution >= 4 is 29.4 Å². The summed E-state index contributed by atoms with van der Waals surface area (Å²) in [5, 5.41) is 3.28. The van der Waals surface area contributed by atoms with Crippen LogP contribution in [0.3, 0.4) is 0 Å². The first-order valence-electron chi connectivity index (χ1n) is 8.65. The zero-order valence-corrected chi connectivity index (χ0v) is 15.6. The van der Waals surface area contributed by atoms with Crippen molar-refractivity contribution in [2.75, 3.05) is 19.7 Å². The number of halogens is 1. The van der Waals surface area contributed by atoms with E-state index in [1.165, 1.54) is 4.90 Å². The van der Waals surface area contributed by atoms with Crippen LogP contribution >= 0.6 is 11.6 Å². The van der Waals surface area contributed by atoms with Crippen LogP contribution in [-0.2, 0) is 9.59 Å². The summed E-state index contributed by atoms with van der Waals surface area (Å²) < 4.78 is 5.49. The van der Waals surface area contributed by atoms with Crippen molar-refractivity contribution in [3.63, 3.8) is 0 Å². The van der Waals surface area contributed by atoms with Gasteiger partial charge in [0.2, 0.25) is 0 Å². The molecule has 0 radical (unpaired) electrons. The number of carbonyl (C=O) groups excluding carboxylic acids is 3. The molecule has 1 aromatic rings. The summed E-state index contributed by atoms with van der Waals surface area (Å²) in [6.07, 6.45) is 0.803. The highest BCUT2D eigenvalue weighted by Crippen LogP contribution is 2.30. The molecule has 2 aliphatic rings. The Labute approximate surface area is 157 Å². The molecular weight excluding hydrogens is 358 g/mol. The zero-order valence-electron chi connectivity index (χ0n) is 14.8. The van der Waals surface area contributed by atoms with Crippen LogP contribution in [0, 0.1) is 0 Å². The van der Waals surface area contributed by atoms with E-state index in [4.69, 9.17) is 16.3 Å². The molecule has 3 rings (SSSR count). The maximum Gasteiger partial charge on any atom is 0.325 e. The second-order valence-electron chi connectivity index (χ2n) is 6.88. The van der Waals surface area contributed by atoms with E-state index in [2.05, 4.69) is 5.32 Å². The van der Waals surface area contributed by atoms with E-state index in [1.807, 2.05) is 0 Å². The molecule has 2 aliphatic heterocycles. The summed E-state index contributed by atoms with van der Waals surface area (Å²) in [5.41, 5.74) is -0.887. The van der Waals surface area contributed by atoms with E-state index in [0.29, 0.717) is 36.7 Å². The largest absolute Gasteiger partial charge is 0.482 e. The molecule has 0 saturated carbocycles. The van der Waals surface area contributed by atoms with Crippen molar-refractivity contribution in [2.24, 2.45) is 0 Å². The van der Waals surface area contributed by atoms with E-state index in [1.54, 1.807) is 43.0 Å². The lowest BCUT2D eigenvalue weighted by Gasteiger charge is -2.37. The molecule has 1 aromatic carbocycles. The van der Waals surface area contributed by atoms with Crippen molar-refractivity contribution in [1.29, 1.82) is 0 Å². The molecule has 0 unspecified atom stereocenters. The van der Waals surface area contributed by atoms with Gasteiger partial charge in [-0.3, -0.25) is 14.5 Å². The van der Waals surface area contributed by atoms with Crippen molar-refractivity contribution in [2.45, 2.75) is 38.3 Å². The number of imide groups is 1. The van der Waals surface area contributed by atoms with Crippen LogP contribution in [0.4, 0.5) is 4.79 Å². The van der Waals surface area contributed by atoms with Crippen molar-refractivity contribution in [3.05, 3.63) is 29.3 Å². The smallest absolute Gasteiger partial charge is 0.325 e. The Morgan fingerprint density at radius 3 is 2.50 bits per heavy atom. The maximum atomic E-state index is 12.7. The Morgan fingerprint density at radius 1 is 1.27 bits per heavy atom. The summed E-state index contributed by atoms with van der Waals surface area (Å²) in [5.74, 6) is 0.0935. The number of likely N-dealkylation sites (tertiary alicyclic amines) is 1. The molecule has 140 valence electrons. The Hall–Kier alpha value is -2.28. The number of nitrogens with zero attached hydrogens (tertiary/aromatic N) is 2. The number of benzene rings is 1. The summed E-state index contributed by atoms with van der Waals surface area (Å²) in [7, 11) is 0. The molecule has 8 heteroatoms. The number of para-hydroxylation sites is 1. The number of hydrogen-bond acceptors (Lipinski definition) is 4. The number of piperidine rings is 1. The van der Waals surface area contributed by atoms with Gasteiger partial charge in [-0.2, -0.15) is 0 Å². The van der Waals surface area contributed by atoms with E-state index in [0.717, 1.165) is 0 Å². The molecular formula is C18H22ClN3O4. The first-order chi connectivity index (χ1) is 12.3. The van der Waals surface area contributed by atoms with Gasteiger partial charge in [0, 0.05) is 19.1 Å². The van der Waals surface area contributed by atoms with Crippen molar-refractivity contribution in [3.8, 4) is 5.75 Å². The van der Waals surface area contributed by atoms with Gasteiger partial charge < -0.3 is 15.0 Å². The molecule has 0 aliphatic carbocycles. The molecule has 0 aromatic heterocycles. The third-order valence-electron chi connectivity index (χ3n) is 4.87. The van der Waals surface area contributed by atoms with Gasteiger partial charge >= 0.3 is 6.03 Å². The molecule has 4 amide bonds. The predicted molar refractivity (Wildman–Crippen MR) is 96.0 cm³/mol. The standard InChI is InChI=1S/C18H22ClN3O4/c1-12(2)22-16(24)18(20-17(22)25)7-9-21(10-8-18)15(23)11-26-14-6-4-3-5-13(14)19/h3-6,12H,7-11H2,1-2H3,(H,20,25). The predicted octanol–water partition coefficient (Wildman–Crippen LogP) is 2.04. The monoisotopic (exact) mass is 379 g/mol. The highest BCUT2D eigenvalue weighted by atomic mass is 35.5. The van der Waals surface area contributed by atoms with Crippen LogP contribution in [0.2, 0.25) is 5.02 Å². The minimum absolute atomic E-state index is 0.116. The van der Waals surface area contributed by atoms with E-state index in [-0.39, 0.29) is 30.5 Å². The lowest BCUT2D eigenvalue weighted by Crippen LogP contribution is -2.56. The van der Waals surface area contributed by atoms with Crippen LogP contribution in [-0.4, -0.2) is 58.9 Å². The van der Waals surface area contributed by atoms with Gasteiger partial charge in [-0.05, 0) is 38.8 Å². The Kier molecular flexibility index (Phi) is 5.09. The molecule has 1 spiro atoms. The summed E-state index contributed by atoms with van der Waals surface area (Å²) >= 11 is 6.01. The fourth-order valence-electron chi connectivity index (χ4n) is 3.38.